The summed E-state index contributed by atoms with van der Waals surface area (Å²) in [6.07, 6.45) is 0. The minimum absolute atomic E-state index is 0.568. The van der Waals surface area contributed by atoms with Crippen molar-refractivity contribution in [2.45, 2.75) is 0 Å². The molecule has 0 heterocycles. The van der Waals surface area contributed by atoms with Crippen molar-refractivity contribution in [2.75, 3.05) is 20.1 Å². The van der Waals surface area contributed by atoms with E-state index in [1.54, 1.807) is 14.2 Å². The van der Waals surface area contributed by atoms with Gasteiger partial charge >= 0.3 is 10.0 Å². The topological polar surface area (TPSA) is 18.5 Å². The molecular formula is C3H11BrO2Si. The Hall–Kier alpha value is 0.617. The fraction of sp³-hybridized carbons (Fsp3) is 1.00. The lowest BCUT2D eigenvalue weighted by Crippen LogP contribution is -1.93. The number of halogens is 1. The minimum atomic E-state index is -0.568. The molecule has 0 rings (SSSR count). The highest BCUT2D eigenvalue weighted by atomic mass is 79.9. The lowest BCUT2D eigenvalue weighted by Gasteiger charge is -1.86. The van der Waals surface area contributed by atoms with Gasteiger partial charge in [-0.2, -0.15) is 0 Å². The van der Waals surface area contributed by atoms with Crippen LogP contribution in [0, 0.1) is 0 Å². The Morgan fingerprint density at radius 1 is 1.14 bits per heavy atom. The molecule has 2 nitrogen and oxygen atoms in total. The summed E-state index contributed by atoms with van der Waals surface area (Å²) < 4.78 is 9.22. The first kappa shape index (κ1) is 10.6. The second kappa shape index (κ2) is 16.0. The Morgan fingerprint density at radius 2 is 1.43 bits per heavy atom. The van der Waals surface area contributed by atoms with Gasteiger partial charge in [0.15, 0.2) is 0 Å². The van der Waals surface area contributed by atoms with Crippen LogP contribution in [0.5, 0.6) is 0 Å². The molecule has 4 heteroatoms. The summed E-state index contributed by atoms with van der Waals surface area (Å²) in [5, 5.41) is 0. The molecule has 0 N–H and O–H groups in total. The normalized spacial score (nSPS) is 6.86. The molecule has 0 aliphatic heterocycles. The molecule has 0 aromatic carbocycles. The summed E-state index contributed by atoms with van der Waals surface area (Å²) in [5.74, 6) is 1.81. The van der Waals surface area contributed by atoms with E-state index in [-0.39, 0.29) is 0 Å². The highest BCUT2D eigenvalue weighted by molar-refractivity contribution is 9.08. The molecule has 0 saturated heterocycles. The minimum Gasteiger partial charge on any atom is -0.402 e. The Balaban J connectivity index is 0. The second-order valence-electron chi connectivity index (χ2n) is 0.695. The van der Waals surface area contributed by atoms with Gasteiger partial charge < -0.3 is 8.85 Å². The van der Waals surface area contributed by atoms with Crippen LogP contribution in [0.25, 0.3) is 0 Å². The van der Waals surface area contributed by atoms with Gasteiger partial charge in [0, 0.05) is 14.2 Å². The molecular weight excluding hydrogens is 176 g/mol. The summed E-state index contributed by atoms with van der Waals surface area (Å²) in [6.45, 7) is 0. The highest BCUT2D eigenvalue weighted by Crippen LogP contribution is 1.55. The van der Waals surface area contributed by atoms with E-state index >= 15 is 0 Å². The zero-order valence-electron chi connectivity index (χ0n) is 4.90. The van der Waals surface area contributed by atoms with E-state index in [1.165, 1.54) is 0 Å². The zero-order valence-corrected chi connectivity index (χ0v) is 7.90. The third kappa shape index (κ3) is 20.6. The smallest absolute Gasteiger partial charge is 0.303 e. The molecule has 0 saturated carbocycles. The summed E-state index contributed by atoms with van der Waals surface area (Å²) in [5.41, 5.74) is 0. The molecule has 0 bridgehead atoms. The molecule has 0 amide bonds. The van der Waals surface area contributed by atoms with Crippen molar-refractivity contribution in [2.24, 2.45) is 0 Å². The standard InChI is InChI=1S/C2H8O2Si.CH3Br/c1-3-5-4-2;1-2/h5H2,1-2H3;1H3. The number of rotatable bonds is 2. The second-order valence-corrected chi connectivity index (χ2v) is 2.09. The Labute approximate surface area is 55.4 Å². The lowest BCUT2D eigenvalue weighted by molar-refractivity contribution is 0.309. The van der Waals surface area contributed by atoms with Crippen LogP contribution in [0.3, 0.4) is 0 Å². The van der Waals surface area contributed by atoms with Gasteiger partial charge in [-0.05, 0) is 5.83 Å². The van der Waals surface area contributed by atoms with E-state index in [2.05, 4.69) is 24.8 Å². The molecule has 0 unspecified atom stereocenters. The maximum Gasteiger partial charge on any atom is 0.303 e. The fourth-order valence-corrected chi connectivity index (χ4v) is 0.354. The molecule has 46 valence electrons. The van der Waals surface area contributed by atoms with Crippen LogP contribution in [0.1, 0.15) is 0 Å². The van der Waals surface area contributed by atoms with Crippen molar-refractivity contribution >= 4 is 25.9 Å². The molecule has 0 radical (unpaired) electrons. The molecule has 0 atom stereocenters. The van der Waals surface area contributed by atoms with Crippen molar-refractivity contribution in [3.8, 4) is 0 Å². The SMILES string of the molecule is CBr.CO[SiH2]OC. The quantitative estimate of drug-likeness (QED) is 0.457. The van der Waals surface area contributed by atoms with E-state index < -0.39 is 10.0 Å². The average Bonchev–Trinajstić information content (AvgIpc) is 1.75. The van der Waals surface area contributed by atoms with Crippen molar-refractivity contribution in [3.63, 3.8) is 0 Å². The number of alkyl halides is 1. The first-order valence-corrected chi connectivity index (χ1v) is 4.51. The van der Waals surface area contributed by atoms with Crippen LogP contribution in [0.2, 0.25) is 0 Å². The fourth-order valence-electron chi connectivity index (χ4n) is 0.118. The number of hydrogen-bond donors (Lipinski definition) is 0. The van der Waals surface area contributed by atoms with E-state index in [9.17, 15) is 0 Å². The van der Waals surface area contributed by atoms with Gasteiger partial charge in [0.1, 0.15) is 0 Å². The molecule has 0 aliphatic rings. The first-order valence-electron chi connectivity index (χ1n) is 1.77. The van der Waals surface area contributed by atoms with Gasteiger partial charge in [0.05, 0.1) is 0 Å². The Kier molecular flexibility index (Phi) is 24.1. The van der Waals surface area contributed by atoms with E-state index in [1.807, 2.05) is 5.83 Å². The van der Waals surface area contributed by atoms with E-state index in [0.29, 0.717) is 0 Å². The average molecular weight is 187 g/mol. The maximum atomic E-state index is 4.61. The van der Waals surface area contributed by atoms with E-state index in [0.717, 1.165) is 0 Å². The monoisotopic (exact) mass is 186 g/mol. The highest BCUT2D eigenvalue weighted by Gasteiger charge is 1.67. The van der Waals surface area contributed by atoms with Gasteiger partial charge in [-0.3, -0.25) is 0 Å². The predicted molar refractivity (Wildman–Crippen MR) is 37.4 cm³/mol. The molecule has 0 aliphatic carbocycles. The van der Waals surface area contributed by atoms with Gasteiger partial charge in [-0.15, -0.1) is 0 Å². The van der Waals surface area contributed by atoms with Crippen LogP contribution in [-0.4, -0.2) is 30.1 Å². The number of hydrogen-bond acceptors (Lipinski definition) is 2. The largest absolute Gasteiger partial charge is 0.402 e. The van der Waals surface area contributed by atoms with Crippen LogP contribution in [0.15, 0.2) is 0 Å². The molecule has 7 heavy (non-hydrogen) atoms. The Bertz CT molecular complexity index is 20.4. The van der Waals surface area contributed by atoms with Gasteiger partial charge in [0.2, 0.25) is 0 Å². The Morgan fingerprint density at radius 3 is 1.43 bits per heavy atom. The van der Waals surface area contributed by atoms with Crippen molar-refractivity contribution in [1.29, 1.82) is 0 Å². The van der Waals surface area contributed by atoms with Crippen LogP contribution in [0.4, 0.5) is 0 Å². The van der Waals surface area contributed by atoms with Gasteiger partial charge in [-0.25, -0.2) is 0 Å². The van der Waals surface area contributed by atoms with Crippen LogP contribution < -0.4 is 0 Å². The summed E-state index contributed by atoms with van der Waals surface area (Å²) >= 11 is 2.94. The van der Waals surface area contributed by atoms with Crippen molar-refractivity contribution < 1.29 is 8.85 Å². The maximum absolute atomic E-state index is 4.61. The molecule has 0 aromatic rings. The van der Waals surface area contributed by atoms with E-state index in [4.69, 9.17) is 0 Å². The first-order chi connectivity index (χ1) is 3.41. The molecule has 0 aromatic heterocycles. The van der Waals surface area contributed by atoms with Gasteiger partial charge in [0.25, 0.3) is 0 Å². The molecule has 0 fully saturated rings. The van der Waals surface area contributed by atoms with Gasteiger partial charge in [-0.1, -0.05) is 15.9 Å². The third-order valence-electron chi connectivity index (χ3n) is 0.236. The van der Waals surface area contributed by atoms with Crippen molar-refractivity contribution in [1.82, 2.24) is 0 Å². The third-order valence-corrected chi connectivity index (χ3v) is 0.707. The summed E-state index contributed by atoms with van der Waals surface area (Å²) in [4.78, 5) is 0. The van der Waals surface area contributed by atoms with Crippen LogP contribution >= 0.6 is 15.9 Å². The van der Waals surface area contributed by atoms with Crippen molar-refractivity contribution in [3.05, 3.63) is 0 Å². The summed E-state index contributed by atoms with van der Waals surface area (Å²) in [7, 11) is 2.73. The zero-order chi connectivity index (χ0) is 6.12. The predicted octanol–water partition coefficient (Wildman–Crippen LogP) is 0.289. The lowest BCUT2D eigenvalue weighted by atomic mass is 11.8. The summed E-state index contributed by atoms with van der Waals surface area (Å²) in [6, 6.07) is 0. The molecule has 0 spiro atoms. The van der Waals surface area contributed by atoms with Crippen LogP contribution in [-0.2, 0) is 8.85 Å².